The van der Waals surface area contributed by atoms with Gasteiger partial charge in [0.25, 0.3) is 0 Å². The van der Waals surface area contributed by atoms with E-state index in [1.54, 1.807) is 0 Å². The van der Waals surface area contributed by atoms with Gasteiger partial charge in [-0.15, -0.1) is 0 Å². The smallest absolute Gasteiger partial charge is 0.223 e. The Morgan fingerprint density at radius 1 is 1.28 bits per heavy atom. The maximum absolute atomic E-state index is 12.4. The van der Waals surface area contributed by atoms with Crippen LogP contribution in [0.25, 0.3) is 0 Å². The van der Waals surface area contributed by atoms with E-state index < -0.39 is 0 Å². The molecule has 2 heteroatoms. The highest BCUT2D eigenvalue weighted by molar-refractivity contribution is 5.77. The molecule has 0 saturated carbocycles. The summed E-state index contributed by atoms with van der Waals surface area (Å²) in [5, 5.41) is 0. The van der Waals surface area contributed by atoms with Crippen molar-refractivity contribution in [3.63, 3.8) is 0 Å². The first-order chi connectivity index (χ1) is 8.37. The van der Waals surface area contributed by atoms with Gasteiger partial charge in [-0.3, -0.25) is 4.79 Å². The first-order valence-electron chi connectivity index (χ1n) is 6.73. The molecule has 1 atom stereocenters. The van der Waals surface area contributed by atoms with Crippen LogP contribution in [0.3, 0.4) is 0 Å². The Balaban J connectivity index is 2.14. The number of rotatable bonds is 1. The lowest BCUT2D eigenvalue weighted by atomic mass is 9.89. The van der Waals surface area contributed by atoms with E-state index in [0.29, 0.717) is 12.5 Å². The molecule has 1 aromatic carbocycles. The lowest BCUT2D eigenvalue weighted by Crippen LogP contribution is -2.43. The van der Waals surface area contributed by atoms with Gasteiger partial charge in [-0.1, -0.05) is 45.0 Å². The van der Waals surface area contributed by atoms with Gasteiger partial charge in [0.05, 0.1) is 0 Å². The zero-order valence-electron chi connectivity index (χ0n) is 11.9. The van der Waals surface area contributed by atoms with Gasteiger partial charge in [0, 0.05) is 19.0 Å². The molecule has 1 aliphatic heterocycles. The average molecular weight is 245 g/mol. The van der Waals surface area contributed by atoms with Crippen molar-refractivity contribution in [2.24, 2.45) is 5.41 Å². The average Bonchev–Trinajstić information content (AvgIpc) is 2.25. The highest BCUT2D eigenvalue weighted by Crippen LogP contribution is 2.26. The normalized spacial score (nSPS) is 19.6. The van der Waals surface area contributed by atoms with Crippen molar-refractivity contribution in [3.05, 3.63) is 35.4 Å². The van der Waals surface area contributed by atoms with E-state index >= 15 is 0 Å². The van der Waals surface area contributed by atoms with Crippen LogP contribution in [0.15, 0.2) is 24.3 Å². The van der Waals surface area contributed by atoms with E-state index in [-0.39, 0.29) is 11.3 Å². The topological polar surface area (TPSA) is 20.3 Å². The first kappa shape index (κ1) is 13.1. The molecule has 1 unspecified atom stereocenters. The third-order valence-electron chi connectivity index (χ3n) is 3.51. The molecule has 0 saturated heterocycles. The third kappa shape index (κ3) is 2.92. The van der Waals surface area contributed by atoms with Crippen molar-refractivity contribution in [1.29, 1.82) is 0 Å². The van der Waals surface area contributed by atoms with Gasteiger partial charge in [-0.25, -0.2) is 0 Å². The SMILES string of the molecule is CC1Cc2ccccc2CN1C(=O)CC(C)(C)C. The van der Waals surface area contributed by atoms with Crippen LogP contribution in [-0.4, -0.2) is 16.8 Å². The predicted molar refractivity (Wildman–Crippen MR) is 74.2 cm³/mol. The number of nitrogens with zero attached hydrogens (tertiary/aromatic N) is 1. The van der Waals surface area contributed by atoms with E-state index in [9.17, 15) is 4.79 Å². The van der Waals surface area contributed by atoms with E-state index in [0.717, 1.165) is 13.0 Å². The first-order valence-corrected chi connectivity index (χ1v) is 6.73. The molecule has 0 aliphatic carbocycles. The van der Waals surface area contributed by atoms with Crippen molar-refractivity contribution >= 4 is 5.91 Å². The zero-order valence-corrected chi connectivity index (χ0v) is 11.9. The molecule has 0 N–H and O–H groups in total. The van der Waals surface area contributed by atoms with E-state index in [4.69, 9.17) is 0 Å². The van der Waals surface area contributed by atoms with Crippen LogP contribution in [0, 0.1) is 5.41 Å². The van der Waals surface area contributed by atoms with Crippen LogP contribution < -0.4 is 0 Å². The Morgan fingerprint density at radius 2 is 1.89 bits per heavy atom. The molecule has 1 aliphatic rings. The zero-order chi connectivity index (χ0) is 13.3. The van der Waals surface area contributed by atoms with Gasteiger partial charge in [-0.05, 0) is 29.9 Å². The summed E-state index contributed by atoms with van der Waals surface area (Å²) in [6.07, 6.45) is 1.60. The lowest BCUT2D eigenvalue weighted by Gasteiger charge is -2.36. The van der Waals surface area contributed by atoms with Gasteiger partial charge in [0.1, 0.15) is 0 Å². The highest BCUT2D eigenvalue weighted by Gasteiger charge is 2.28. The van der Waals surface area contributed by atoms with Gasteiger partial charge in [0.2, 0.25) is 5.91 Å². The fraction of sp³-hybridized carbons (Fsp3) is 0.562. The minimum Gasteiger partial charge on any atom is -0.335 e. The van der Waals surface area contributed by atoms with Crippen LogP contribution >= 0.6 is 0 Å². The van der Waals surface area contributed by atoms with Crippen LogP contribution in [0.2, 0.25) is 0 Å². The molecule has 1 heterocycles. The van der Waals surface area contributed by atoms with Crippen molar-refractivity contribution in [1.82, 2.24) is 4.90 Å². The fourth-order valence-corrected chi connectivity index (χ4v) is 2.57. The summed E-state index contributed by atoms with van der Waals surface area (Å²) < 4.78 is 0. The molecule has 2 nitrogen and oxygen atoms in total. The molecule has 0 radical (unpaired) electrons. The minimum atomic E-state index is 0.0633. The summed E-state index contributed by atoms with van der Waals surface area (Å²) in [6.45, 7) is 9.27. The van der Waals surface area contributed by atoms with Crippen LogP contribution in [0.4, 0.5) is 0 Å². The van der Waals surface area contributed by atoms with E-state index in [1.165, 1.54) is 11.1 Å². The molecule has 2 rings (SSSR count). The van der Waals surface area contributed by atoms with Crippen molar-refractivity contribution in [3.8, 4) is 0 Å². The maximum atomic E-state index is 12.4. The predicted octanol–water partition coefficient (Wildman–Crippen LogP) is 3.40. The quantitative estimate of drug-likeness (QED) is 0.742. The van der Waals surface area contributed by atoms with Crippen LogP contribution in [0.5, 0.6) is 0 Å². The standard InChI is InChI=1S/C16H23NO/c1-12-9-13-7-5-6-8-14(13)11-17(12)15(18)10-16(2,3)4/h5-8,12H,9-11H2,1-4H3. The summed E-state index contributed by atoms with van der Waals surface area (Å²) in [5.74, 6) is 0.282. The highest BCUT2D eigenvalue weighted by atomic mass is 16.2. The molecule has 98 valence electrons. The number of hydrogen-bond acceptors (Lipinski definition) is 1. The second kappa shape index (κ2) is 4.75. The second-order valence-electron chi connectivity index (χ2n) is 6.58. The Morgan fingerprint density at radius 3 is 2.50 bits per heavy atom. The van der Waals surface area contributed by atoms with Crippen molar-refractivity contribution < 1.29 is 4.79 Å². The Bertz CT molecular complexity index is 445. The summed E-state index contributed by atoms with van der Waals surface area (Å²) in [4.78, 5) is 14.4. The van der Waals surface area contributed by atoms with Crippen LogP contribution in [0.1, 0.15) is 45.2 Å². The summed E-state index contributed by atoms with van der Waals surface area (Å²) >= 11 is 0. The molecule has 0 fully saturated rings. The monoisotopic (exact) mass is 245 g/mol. The Labute approximate surface area is 110 Å². The Hall–Kier alpha value is -1.31. The van der Waals surface area contributed by atoms with Gasteiger partial charge in [0.15, 0.2) is 0 Å². The number of amides is 1. The number of carbonyl (C=O) groups excluding carboxylic acids is 1. The summed E-state index contributed by atoms with van der Waals surface area (Å²) in [5.41, 5.74) is 2.76. The number of benzene rings is 1. The molecule has 1 amide bonds. The van der Waals surface area contributed by atoms with Crippen molar-refractivity contribution in [2.45, 2.75) is 53.1 Å². The third-order valence-corrected chi connectivity index (χ3v) is 3.51. The van der Waals surface area contributed by atoms with E-state index in [1.807, 2.05) is 4.90 Å². The Kier molecular flexibility index (Phi) is 3.47. The van der Waals surface area contributed by atoms with E-state index in [2.05, 4.69) is 52.0 Å². The van der Waals surface area contributed by atoms with Gasteiger partial charge < -0.3 is 4.90 Å². The van der Waals surface area contributed by atoms with Crippen molar-refractivity contribution in [2.75, 3.05) is 0 Å². The molecule has 1 aromatic rings. The lowest BCUT2D eigenvalue weighted by molar-refractivity contribution is -0.136. The molecule has 0 aromatic heterocycles. The molecular weight excluding hydrogens is 222 g/mol. The second-order valence-corrected chi connectivity index (χ2v) is 6.58. The number of hydrogen-bond donors (Lipinski definition) is 0. The maximum Gasteiger partial charge on any atom is 0.223 e. The number of fused-ring (bicyclic) bond motifs is 1. The minimum absolute atomic E-state index is 0.0633. The summed E-state index contributed by atoms with van der Waals surface area (Å²) in [7, 11) is 0. The molecule has 0 bridgehead atoms. The number of carbonyl (C=O) groups is 1. The van der Waals surface area contributed by atoms with Gasteiger partial charge in [-0.2, -0.15) is 0 Å². The molecule has 18 heavy (non-hydrogen) atoms. The largest absolute Gasteiger partial charge is 0.335 e. The van der Waals surface area contributed by atoms with Gasteiger partial charge >= 0.3 is 0 Å². The molecular formula is C16H23NO. The fourth-order valence-electron chi connectivity index (χ4n) is 2.57. The summed E-state index contributed by atoms with van der Waals surface area (Å²) in [6, 6.07) is 8.77. The molecule has 0 spiro atoms. The van der Waals surface area contributed by atoms with Crippen LogP contribution in [-0.2, 0) is 17.8 Å².